The van der Waals surface area contributed by atoms with Crippen molar-refractivity contribution in [2.75, 3.05) is 0 Å². The van der Waals surface area contributed by atoms with Crippen LogP contribution in [0.15, 0.2) is 58.7 Å². The fourth-order valence-corrected chi connectivity index (χ4v) is 4.41. The van der Waals surface area contributed by atoms with Crippen molar-refractivity contribution >= 4 is 44.5 Å². The van der Waals surface area contributed by atoms with Crippen molar-refractivity contribution < 1.29 is 0 Å². The van der Waals surface area contributed by atoms with E-state index >= 15 is 0 Å². The highest BCUT2D eigenvalue weighted by atomic mass is 32.1. The maximum atomic E-state index is 11.8. The number of rotatable bonds is 3. The van der Waals surface area contributed by atoms with Gasteiger partial charge in [-0.05, 0) is 23.8 Å². The van der Waals surface area contributed by atoms with Gasteiger partial charge in [0.1, 0.15) is 11.1 Å². The molecule has 0 atom stereocenters. The molecule has 0 radical (unpaired) electrons. The van der Waals surface area contributed by atoms with E-state index < -0.39 is 0 Å². The number of thiazole rings is 2. The summed E-state index contributed by atoms with van der Waals surface area (Å²) in [6.45, 7) is 0. The predicted molar refractivity (Wildman–Crippen MR) is 108 cm³/mol. The Balaban J connectivity index is 1.73. The van der Waals surface area contributed by atoms with Gasteiger partial charge in [-0.3, -0.25) is 4.79 Å². The first-order valence-electron chi connectivity index (χ1n) is 7.88. The minimum absolute atomic E-state index is 0.00839. The third kappa shape index (κ3) is 2.99. The second-order valence-electron chi connectivity index (χ2n) is 5.73. The van der Waals surface area contributed by atoms with Gasteiger partial charge in [0.05, 0.1) is 21.5 Å². The van der Waals surface area contributed by atoms with Crippen LogP contribution in [0.4, 0.5) is 0 Å². The molecule has 0 aliphatic rings. The van der Waals surface area contributed by atoms with E-state index in [0.29, 0.717) is 10.6 Å². The summed E-state index contributed by atoms with van der Waals surface area (Å²) in [5.74, 6) is 0. The van der Waals surface area contributed by atoms with E-state index in [9.17, 15) is 10.1 Å². The monoisotopic (exact) mass is 375 g/mol. The lowest BCUT2D eigenvalue weighted by Crippen LogP contribution is -2.06. The minimum atomic E-state index is 0.00839. The fraction of sp³-hybridized carbons (Fsp3) is 0.0500. The van der Waals surface area contributed by atoms with Crippen LogP contribution in [0, 0.1) is 11.3 Å². The first-order valence-corrected chi connectivity index (χ1v) is 9.58. The van der Waals surface area contributed by atoms with Crippen LogP contribution in [0.25, 0.3) is 33.1 Å². The smallest absolute Gasteiger partial charge is 0.302 e. The van der Waals surface area contributed by atoms with Crippen molar-refractivity contribution in [3.63, 3.8) is 0 Å². The molecule has 4 nitrogen and oxygen atoms in total. The summed E-state index contributed by atoms with van der Waals surface area (Å²) in [6, 6.07) is 17.9. The van der Waals surface area contributed by atoms with E-state index in [1.807, 2.05) is 60.0 Å². The number of nitrogens with zero attached hydrogens (tertiary/aromatic N) is 3. The molecule has 0 spiro atoms. The van der Waals surface area contributed by atoms with Crippen LogP contribution in [0.1, 0.15) is 10.6 Å². The lowest BCUT2D eigenvalue weighted by molar-refractivity contribution is 0.939. The summed E-state index contributed by atoms with van der Waals surface area (Å²) in [6.07, 6.45) is 1.82. The van der Waals surface area contributed by atoms with E-state index in [0.717, 1.165) is 27.0 Å². The Bertz CT molecular complexity index is 1220. The molecule has 4 aromatic rings. The van der Waals surface area contributed by atoms with Crippen molar-refractivity contribution in [3.05, 3.63) is 74.1 Å². The topological polar surface area (TPSA) is 58.7 Å². The molecule has 0 unspecified atom stereocenters. The summed E-state index contributed by atoms with van der Waals surface area (Å²) >= 11 is 2.66. The van der Waals surface area contributed by atoms with E-state index in [2.05, 4.69) is 11.1 Å². The number of allylic oxidation sites excluding steroid dienone is 1. The lowest BCUT2D eigenvalue weighted by atomic mass is 10.1. The maximum absolute atomic E-state index is 11.8. The highest BCUT2D eigenvalue weighted by Crippen LogP contribution is 2.28. The molecular weight excluding hydrogens is 362 g/mol. The molecule has 0 aliphatic carbocycles. The number of benzene rings is 2. The molecule has 0 bridgehead atoms. The summed E-state index contributed by atoms with van der Waals surface area (Å²) < 4.78 is 2.54. The Morgan fingerprint density at radius 2 is 2.04 bits per heavy atom. The fourth-order valence-electron chi connectivity index (χ4n) is 2.69. The molecule has 0 N–H and O–H groups in total. The first-order chi connectivity index (χ1) is 12.7. The van der Waals surface area contributed by atoms with Gasteiger partial charge in [-0.2, -0.15) is 5.26 Å². The molecule has 6 heteroatoms. The number of fused-ring (bicyclic) bond motifs is 1. The van der Waals surface area contributed by atoms with Crippen LogP contribution in [0.5, 0.6) is 0 Å². The third-order valence-corrected chi connectivity index (χ3v) is 5.92. The van der Waals surface area contributed by atoms with Crippen molar-refractivity contribution in [1.29, 1.82) is 5.26 Å². The highest BCUT2D eigenvalue weighted by Gasteiger charge is 2.10. The van der Waals surface area contributed by atoms with E-state index in [4.69, 9.17) is 0 Å². The first kappa shape index (κ1) is 16.5. The predicted octanol–water partition coefficient (Wildman–Crippen LogP) is 4.79. The number of aromatic nitrogens is 2. The second kappa shape index (κ2) is 6.71. The van der Waals surface area contributed by atoms with Crippen LogP contribution in [0.3, 0.4) is 0 Å². The molecule has 2 heterocycles. The molecule has 0 amide bonds. The van der Waals surface area contributed by atoms with Crippen LogP contribution in [0.2, 0.25) is 0 Å². The van der Waals surface area contributed by atoms with Gasteiger partial charge < -0.3 is 4.57 Å². The normalized spacial score (nSPS) is 11.6. The van der Waals surface area contributed by atoms with Gasteiger partial charge in [0.2, 0.25) is 0 Å². The van der Waals surface area contributed by atoms with Gasteiger partial charge in [-0.25, -0.2) is 4.98 Å². The second-order valence-corrected chi connectivity index (χ2v) is 7.58. The molecule has 0 fully saturated rings. The van der Waals surface area contributed by atoms with Crippen LogP contribution >= 0.6 is 22.7 Å². The average molecular weight is 375 g/mol. The van der Waals surface area contributed by atoms with Crippen molar-refractivity contribution in [3.8, 4) is 17.3 Å². The van der Waals surface area contributed by atoms with Gasteiger partial charge in [-0.1, -0.05) is 47.7 Å². The molecule has 2 aromatic carbocycles. The molecule has 4 rings (SSSR count). The van der Waals surface area contributed by atoms with Gasteiger partial charge in [0.25, 0.3) is 0 Å². The van der Waals surface area contributed by atoms with Crippen LogP contribution in [-0.2, 0) is 7.05 Å². The largest absolute Gasteiger partial charge is 0.307 e. The van der Waals surface area contributed by atoms with Crippen molar-refractivity contribution in [1.82, 2.24) is 9.55 Å². The highest BCUT2D eigenvalue weighted by molar-refractivity contribution is 7.16. The molecule has 0 saturated carbocycles. The average Bonchev–Trinajstić information content (AvgIpc) is 3.26. The quantitative estimate of drug-likeness (QED) is 0.484. The summed E-state index contributed by atoms with van der Waals surface area (Å²) in [7, 11) is 1.76. The zero-order chi connectivity index (χ0) is 18.1. The number of hydrogen-bond donors (Lipinski definition) is 0. The van der Waals surface area contributed by atoms with Crippen molar-refractivity contribution in [2.45, 2.75) is 0 Å². The standard InChI is InChI=1S/C20H13N3OS2/c1-23-17-8-7-13(10-18(17)26-20(23)24)9-15(11-21)19-22-16(12-25-19)14-5-3-2-4-6-14/h2-10,12H,1H3. The molecular formula is C20H13N3OS2. The Morgan fingerprint density at radius 1 is 1.23 bits per heavy atom. The molecule has 0 aliphatic heterocycles. The molecule has 0 saturated heterocycles. The Hall–Kier alpha value is -3.01. The maximum Gasteiger partial charge on any atom is 0.307 e. The Morgan fingerprint density at radius 3 is 2.81 bits per heavy atom. The third-order valence-electron chi connectivity index (χ3n) is 4.05. The number of aryl methyl sites for hydroxylation is 1. The van der Waals surface area contributed by atoms with Gasteiger partial charge in [0, 0.05) is 18.0 Å². The van der Waals surface area contributed by atoms with E-state index in [1.54, 1.807) is 11.6 Å². The number of nitriles is 1. The number of hydrogen-bond acceptors (Lipinski definition) is 5. The van der Waals surface area contributed by atoms with Gasteiger partial charge >= 0.3 is 4.87 Å². The van der Waals surface area contributed by atoms with Gasteiger partial charge in [0.15, 0.2) is 0 Å². The van der Waals surface area contributed by atoms with Crippen LogP contribution in [-0.4, -0.2) is 9.55 Å². The Labute approximate surface area is 157 Å². The Kier molecular flexibility index (Phi) is 4.25. The summed E-state index contributed by atoms with van der Waals surface area (Å²) in [5.41, 5.74) is 4.19. The zero-order valence-corrected chi connectivity index (χ0v) is 15.5. The molecule has 126 valence electrons. The summed E-state index contributed by atoms with van der Waals surface area (Å²) in [5, 5.41) is 12.2. The molecule has 2 aromatic heterocycles. The SMILES string of the molecule is Cn1c(=O)sc2cc(C=C(C#N)c3nc(-c4ccccc4)cs3)ccc21. The van der Waals surface area contributed by atoms with Crippen molar-refractivity contribution in [2.24, 2.45) is 7.05 Å². The zero-order valence-electron chi connectivity index (χ0n) is 13.8. The van der Waals surface area contributed by atoms with E-state index in [-0.39, 0.29) is 4.87 Å². The van der Waals surface area contributed by atoms with Gasteiger partial charge in [-0.15, -0.1) is 11.3 Å². The molecule has 26 heavy (non-hydrogen) atoms. The minimum Gasteiger partial charge on any atom is -0.302 e. The lowest BCUT2D eigenvalue weighted by Gasteiger charge is -1.98. The van der Waals surface area contributed by atoms with Crippen LogP contribution < -0.4 is 4.87 Å². The summed E-state index contributed by atoms with van der Waals surface area (Å²) in [4.78, 5) is 16.4. The van der Waals surface area contributed by atoms with E-state index in [1.165, 1.54) is 22.7 Å².